The van der Waals surface area contributed by atoms with E-state index in [0.717, 1.165) is 0 Å². The van der Waals surface area contributed by atoms with Crippen LogP contribution in [0.1, 0.15) is 16.7 Å². The number of hydrogen-bond acceptors (Lipinski definition) is 2. The summed E-state index contributed by atoms with van der Waals surface area (Å²) in [5, 5.41) is 11.7. The Hall–Kier alpha value is -2.25. The van der Waals surface area contributed by atoms with Crippen LogP contribution in [0.2, 0.25) is 0 Å². The highest BCUT2D eigenvalue weighted by molar-refractivity contribution is 5.34. The smallest absolute Gasteiger partial charge is 0.145 e. The zero-order chi connectivity index (χ0) is 13.7. The van der Waals surface area contributed by atoms with Crippen molar-refractivity contribution in [2.75, 3.05) is 0 Å². The van der Waals surface area contributed by atoms with Gasteiger partial charge < -0.3 is 5.32 Å². The van der Waals surface area contributed by atoms with Crippen LogP contribution in [-0.4, -0.2) is 0 Å². The highest BCUT2D eigenvalue weighted by atomic mass is 19.1. The van der Waals surface area contributed by atoms with Crippen molar-refractivity contribution in [2.24, 2.45) is 0 Å². The molecule has 0 atom stereocenters. The fourth-order valence-electron chi connectivity index (χ4n) is 1.78. The molecule has 0 saturated carbocycles. The summed E-state index contributed by atoms with van der Waals surface area (Å²) in [6.45, 7) is 0.554. The van der Waals surface area contributed by atoms with Crippen LogP contribution in [-0.2, 0) is 13.1 Å². The molecule has 0 spiro atoms. The lowest BCUT2D eigenvalue weighted by molar-refractivity contribution is 0.568. The average Bonchev–Trinajstić information content (AvgIpc) is 2.43. The molecule has 1 N–H and O–H groups in total. The van der Waals surface area contributed by atoms with E-state index in [1.807, 2.05) is 0 Å². The molecular weight excluding hydrogens is 246 g/mol. The van der Waals surface area contributed by atoms with Crippen molar-refractivity contribution in [1.29, 1.82) is 5.26 Å². The molecule has 2 aromatic rings. The SMILES string of the molecule is N#Cc1cccc(CNCc2ccccc2F)c1F. The molecule has 0 heterocycles. The molecule has 0 aromatic heterocycles. The van der Waals surface area contributed by atoms with Gasteiger partial charge in [0.2, 0.25) is 0 Å². The second kappa shape index (κ2) is 6.07. The van der Waals surface area contributed by atoms with Gasteiger partial charge >= 0.3 is 0 Å². The number of nitrogens with one attached hydrogen (secondary N) is 1. The van der Waals surface area contributed by atoms with Crippen molar-refractivity contribution in [3.63, 3.8) is 0 Å². The van der Waals surface area contributed by atoms with E-state index in [0.29, 0.717) is 17.7 Å². The van der Waals surface area contributed by atoms with E-state index in [-0.39, 0.29) is 17.9 Å². The third kappa shape index (κ3) is 3.15. The van der Waals surface area contributed by atoms with Crippen molar-refractivity contribution < 1.29 is 8.78 Å². The molecule has 0 saturated heterocycles. The highest BCUT2D eigenvalue weighted by Crippen LogP contribution is 2.12. The Kier molecular flexibility index (Phi) is 4.22. The number of halogens is 2. The minimum atomic E-state index is -0.522. The molecule has 0 aliphatic rings. The van der Waals surface area contributed by atoms with Gasteiger partial charge in [0.15, 0.2) is 0 Å². The molecule has 2 nitrogen and oxygen atoms in total. The lowest BCUT2D eigenvalue weighted by atomic mass is 10.1. The normalized spacial score (nSPS) is 10.2. The summed E-state index contributed by atoms with van der Waals surface area (Å²) in [6, 6.07) is 12.9. The van der Waals surface area contributed by atoms with Crippen LogP contribution in [0.5, 0.6) is 0 Å². The van der Waals surface area contributed by atoms with E-state index < -0.39 is 5.82 Å². The lowest BCUT2D eigenvalue weighted by Gasteiger charge is -2.07. The maximum atomic E-state index is 13.7. The Morgan fingerprint density at radius 1 is 0.947 bits per heavy atom. The first-order chi connectivity index (χ1) is 9.22. The zero-order valence-electron chi connectivity index (χ0n) is 10.2. The number of benzene rings is 2. The summed E-state index contributed by atoms with van der Waals surface area (Å²) in [4.78, 5) is 0. The van der Waals surface area contributed by atoms with Crippen molar-refractivity contribution in [3.8, 4) is 6.07 Å². The Morgan fingerprint density at radius 2 is 1.63 bits per heavy atom. The number of nitriles is 1. The third-order valence-corrected chi connectivity index (χ3v) is 2.79. The molecule has 0 aliphatic heterocycles. The van der Waals surface area contributed by atoms with E-state index in [9.17, 15) is 8.78 Å². The third-order valence-electron chi connectivity index (χ3n) is 2.79. The van der Waals surface area contributed by atoms with E-state index in [1.54, 1.807) is 36.4 Å². The van der Waals surface area contributed by atoms with Gasteiger partial charge in [-0.05, 0) is 12.1 Å². The van der Waals surface area contributed by atoms with Gasteiger partial charge in [0.05, 0.1) is 5.56 Å². The molecular formula is C15H12F2N2. The predicted octanol–water partition coefficient (Wildman–Crippen LogP) is 3.13. The summed E-state index contributed by atoms with van der Waals surface area (Å²) in [5.74, 6) is -0.813. The Balaban J connectivity index is 2.01. The molecule has 4 heteroatoms. The Morgan fingerprint density at radius 3 is 2.37 bits per heavy atom. The molecule has 0 bridgehead atoms. The average molecular weight is 258 g/mol. The minimum absolute atomic E-state index is 0.0187. The highest BCUT2D eigenvalue weighted by Gasteiger charge is 2.07. The van der Waals surface area contributed by atoms with Crippen molar-refractivity contribution in [3.05, 3.63) is 70.8 Å². The summed E-state index contributed by atoms with van der Waals surface area (Å²) in [6.07, 6.45) is 0. The van der Waals surface area contributed by atoms with Crippen LogP contribution in [0.4, 0.5) is 8.78 Å². The van der Waals surface area contributed by atoms with Gasteiger partial charge in [-0.15, -0.1) is 0 Å². The van der Waals surface area contributed by atoms with Gasteiger partial charge in [-0.1, -0.05) is 30.3 Å². The van der Waals surface area contributed by atoms with Gasteiger partial charge in [0, 0.05) is 24.2 Å². The maximum Gasteiger partial charge on any atom is 0.145 e. The first-order valence-electron chi connectivity index (χ1n) is 5.84. The van der Waals surface area contributed by atoms with Crippen LogP contribution in [0, 0.1) is 23.0 Å². The largest absolute Gasteiger partial charge is 0.308 e. The van der Waals surface area contributed by atoms with Gasteiger partial charge in [0.25, 0.3) is 0 Å². The molecule has 0 amide bonds. The van der Waals surface area contributed by atoms with E-state index >= 15 is 0 Å². The van der Waals surface area contributed by atoms with Gasteiger partial charge in [-0.2, -0.15) is 5.26 Å². The van der Waals surface area contributed by atoms with Crippen LogP contribution in [0.3, 0.4) is 0 Å². The first kappa shape index (κ1) is 13.2. The van der Waals surface area contributed by atoms with Crippen LogP contribution in [0.25, 0.3) is 0 Å². The van der Waals surface area contributed by atoms with Crippen molar-refractivity contribution >= 4 is 0 Å². The summed E-state index contributed by atoms with van der Waals surface area (Å²) in [7, 11) is 0. The van der Waals surface area contributed by atoms with Gasteiger partial charge in [0.1, 0.15) is 17.7 Å². The van der Waals surface area contributed by atoms with E-state index in [4.69, 9.17) is 5.26 Å². The summed E-state index contributed by atoms with van der Waals surface area (Å²) in [5.41, 5.74) is 0.944. The van der Waals surface area contributed by atoms with Crippen molar-refractivity contribution in [1.82, 2.24) is 5.32 Å². The second-order valence-corrected chi connectivity index (χ2v) is 4.09. The molecule has 0 unspecified atom stereocenters. The van der Waals surface area contributed by atoms with E-state index in [2.05, 4.69) is 5.32 Å². The van der Waals surface area contributed by atoms with Gasteiger partial charge in [-0.3, -0.25) is 0 Å². The summed E-state index contributed by atoms with van der Waals surface area (Å²) < 4.78 is 27.1. The van der Waals surface area contributed by atoms with Gasteiger partial charge in [-0.25, -0.2) is 8.78 Å². The Bertz CT molecular complexity index is 618. The number of hydrogen-bond donors (Lipinski definition) is 1. The fraction of sp³-hybridized carbons (Fsp3) is 0.133. The molecule has 2 aromatic carbocycles. The number of rotatable bonds is 4. The molecule has 0 aliphatic carbocycles. The molecule has 0 fully saturated rings. The lowest BCUT2D eigenvalue weighted by Crippen LogP contribution is -2.15. The van der Waals surface area contributed by atoms with Crippen LogP contribution >= 0.6 is 0 Å². The minimum Gasteiger partial charge on any atom is -0.308 e. The zero-order valence-corrected chi connectivity index (χ0v) is 10.2. The van der Waals surface area contributed by atoms with Crippen LogP contribution in [0.15, 0.2) is 42.5 Å². The van der Waals surface area contributed by atoms with E-state index in [1.165, 1.54) is 12.1 Å². The molecule has 2 rings (SSSR count). The monoisotopic (exact) mass is 258 g/mol. The molecule has 96 valence electrons. The molecule has 0 radical (unpaired) electrons. The van der Waals surface area contributed by atoms with Crippen molar-refractivity contribution in [2.45, 2.75) is 13.1 Å². The number of nitrogens with zero attached hydrogens (tertiary/aromatic N) is 1. The summed E-state index contributed by atoms with van der Waals surface area (Å²) >= 11 is 0. The Labute approximate surface area is 110 Å². The predicted molar refractivity (Wildman–Crippen MR) is 68.1 cm³/mol. The molecule has 19 heavy (non-hydrogen) atoms. The fourth-order valence-corrected chi connectivity index (χ4v) is 1.78. The second-order valence-electron chi connectivity index (χ2n) is 4.09. The quantitative estimate of drug-likeness (QED) is 0.914. The maximum absolute atomic E-state index is 13.7. The van der Waals surface area contributed by atoms with Crippen LogP contribution < -0.4 is 5.32 Å². The first-order valence-corrected chi connectivity index (χ1v) is 5.84. The topological polar surface area (TPSA) is 35.8 Å². The standard InChI is InChI=1S/C15H12F2N2/c16-14-7-2-1-4-12(14)9-19-10-13-6-3-5-11(8-18)15(13)17/h1-7,19H,9-10H2.